The molecule has 2 aromatic rings. The second-order valence-corrected chi connectivity index (χ2v) is 6.48. The third-order valence-electron chi connectivity index (χ3n) is 2.99. The minimum Gasteiger partial charge on any atom is -0.504 e. The Bertz CT molecular complexity index is 907. The van der Waals surface area contributed by atoms with Gasteiger partial charge in [0.1, 0.15) is 11.0 Å². The molecule has 0 aromatic heterocycles. The number of benzene rings is 2. The smallest absolute Gasteiger partial charge is 0.216 e. The van der Waals surface area contributed by atoms with Crippen molar-refractivity contribution in [3.63, 3.8) is 0 Å². The van der Waals surface area contributed by atoms with Crippen LogP contribution in [0.1, 0.15) is 5.56 Å². The molecule has 0 aliphatic carbocycles. The van der Waals surface area contributed by atoms with Crippen molar-refractivity contribution in [2.24, 2.45) is 0 Å². The first-order valence-electron chi connectivity index (χ1n) is 6.56. The van der Waals surface area contributed by atoms with Gasteiger partial charge in [-0.15, -0.1) is 0 Å². The number of allylic oxidation sites excluding steroid dienone is 3. The zero-order valence-electron chi connectivity index (χ0n) is 11.9. The number of rotatable bonds is 4. The maximum atomic E-state index is 12.3. The standard InChI is InChI=1S/C17H13NO4S/c18-12-15(23(21,22)14-6-2-1-3-7-14)8-4-5-13-9-10-16(19)17(20)11-13/h1-11,19-20H/b5-4+,15-8+. The van der Waals surface area contributed by atoms with E-state index in [1.807, 2.05) is 0 Å². The van der Waals surface area contributed by atoms with Gasteiger partial charge in [-0.1, -0.05) is 36.4 Å². The van der Waals surface area contributed by atoms with E-state index in [1.165, 1.54) is 48.6 Å². The van der Waals surface area contributed by atoms with E-state index in [9.17, 15) is 18.6 Å². The highest BCUT2D eigenvalue weighted by atomic mass is 32.2. The number of hydrogen-bond acceptors (Lipinski definition) is 5. The molecule has 116 valence electrons. The summed E-state index contributed by atoms with van der Waals surface area (Å²) in [5.41, 5.74) is 0.547. The molecule has 0 aliphatic rings. The molecule has 0 aliphatic heterocycles. The van der Waals surface area contributed by atoms with E-state index in [2.05, 4.69) is 0 Å². The van der Waals surface area contributed by atoms with Gasteiger partial charge in [0.05, 0.1) is 4.90 Å². The third kappa shape index (κ3) is 3.78. The van der Waals surface area contributed by atoms with Crippen LogP contribution in [0, 0.1) is 11.3 Å². The lowest BCUT2D eigenvalue weighted by Gasteiger charge is -2.01. The molecule has 6 heteroatoms. The number of nitriles is 1. The largest absolute Gasteiger partial charge is 0.504 e. The van der Waals surface area contributed by atoms with Crippen molar-refractivity contribution in [2.75, 3.05) is 0 Å². The van der Waals surface area contributed by atoms with Crippen molar-refractivity contribution in [3.8, 4) is 17.6 Å². The van der Waals surface area contributed by atoms with Crippen LogP contribution in [-0.2, 0) is 9.84 Å². The van der Waals surface area contributed by atoms with Crippen LogP contribution in [0.25, 0.3) is 6.08 Å². The second kappa shape index (κ2) is 6.81. The van der Waals surface area contributed by atoms with Gasteiger partial charge in [-0.2, -0.15) is 5.26 Å². The van der Waals surface area contributed by atoms with Gasteiger partial charge < -0.3 is 10.2 Å². The number of nitrogens with zero attached hydrogens (tertiary/aromatic N) is 1. The SMILES string of the molecule is N#C/C(=C\C=C\c1ccc(O)c(O)c1)S(=O)(=O)c1ccccc1. The van der Waals surface area contributed by atoms with Gasteiger partial charge in [-0.3, -0.25) is 0 Å². The van der Waals surface area contributed by atoms with E-state index >= 15 is 0 Å². The highest BCUT2D eigenvalue weighted by Crippen LogP contribution is 2.25. The minimum absolute atomic E-state index is 0.0449. The minimum atomic E-state index is -3.86. The lowest BCUT2D eigenvalue weighted by molar-refractivity contribution is 0.403. The molecule has 0 radical (unpaired) electrons. The van der Waals surface area contributed by atoms with E-state index in [0.29, 0.717) is 5.56 Å². The molecule has 2 N–H and O–H groups in total. The van der Waals surface area contributed by atoms with Crippen molar-refractivity contribution < 1.29 is 18.6 Å². The van der Waals surface area contributed by atoms with Crippen LogP contribution >= 0.6 is 0 Å². The predicted octanol–water partition coefficient (Wildman–Crippen LogP) is 2.99. The van der Waals surface area contributed by atoms with Crippen LogP contribution in [0.4, 0.5) is 0 Å². The molecule has 2 aromatic carbocycles. The van der Waals surface area contributed by atoms with Crippen LogP contribution in [0.2, 0.25) is 0 Å². The number of phenols is 2. The summed E-state index contributed by atoms with van der Waals surface area (Å²) in [6, 6.07) is 13.5. The van der Waals surface area contributed by atoms with Gasteiger partial charge in [0.15, 0.2) is 11.5 Å². The first-order chi connectivity index (χ1) is 10.9. The summed E-state index contributed by atoms with van der Waals surface area (Å²) >= 11 is 0. The van der Waals surface area contributed by atoms with Gasteiger partial charge in [-0.25, -0.2) is 8.42 Å². The Hall–Kier alpha value is -3.04. The van der Waals surface area contributed by atoms with Crippen molar-refractivity contribution in [1.29, 1.82) is 5.26 Å². The molecule has 2 rings (SSSR count). The van der Waals surface area contributed by atoms with E-state index in [4.69, 9.17) is 5.26 Å². The first kappa shape index (κ1) is 16.3. The van der Waals surface area contributed by atoms with Gasteiger partial charge in [0.25, 0.3) is 0 Å². The molecular weight excluding hydrogens is 314 g/mol. The maximum absolute atomic E-state index is 12.3. The Morgan fingerprint density at radius 2 is 1.74 bits per heavy atom. The fourth-order valence-corrected chi connectivity index (χ4v) is 2.95. The van der Waals surface area contributed by atoms with Crippen LogP contribution in [0.5, 0.6) is 11.5 Å². The summed E-state index contributed by atoms with van der Waals surface area (Å²) in [6.07, 6.45) is 4.09. The van der Waals surface area contributed by atoms with Crippen LogP contribution < -0.4 is 0 Å². The van der Waals surface area contributed by atoms with E-state index in [0.717, 1.165) is 0 Å². The molecule has 5 nitrogen and oxygen atoms in total. The van der Waals surface area contributed by atoms with Crippen molar-refractivity contribution >= 4 is 15.9 Å². The third-order valence-corrected chi connectivity index (χ3v) is 4.69. The molecular formula is C17H13NO4S. The Morgan fingerprint density at radius 3 is 2.35 bits per heavy atom. The number of aromatic hydroxyl groups is 2. The molecule has 0 saturated carbocycles. The summed E-state index contributed by atoms with van der Waals surface area (Å²) in [7, 11) is -3.86. The first-order valence-corrected chi connectivity index (χ1v) is 8.04. The van der Waals surface area contributed by atoms with Crippen LogP contribution in [0.15, 0.2) is 70.5 Å². The molecule has 23 heavy (non-hydrogen) atoms. The van der Waals surface area contributed by atoms with Gasteiger partial charge in [0, 0.05) is 0 Å². The van der Waals surface area contributed by atoms with Crippen molar-refractivity contribution in [3.05, 3.63) is 71.2 Å². The summed E-state index contributed by atoms with van der Waals surface area (Å²) < 4.78 is 24.6. The Balaban J connectivity index is 2.31. The lowest BCUT2D eigenvalue weighted by atomic mass is 10.2. The number of phenolic OH excluding ortho intramolecular Hbond substituents is 2. The van der Waals surface area contributed by atoms with Crippen molar-refractivity contribution in [2.45, 2.75) is 4.90 Å². The molecule has 0 amide bonds. The highest BCUT2D eigenvalue weighted by Gasteiger charge is 2.19. The summed E-state index contributed by atoms with van der Waals surface area (Å²) in [4.78, 5) is -0.341. The Morgan fingerprint density at radius 1 is 1.04 bits per heavy atom. The fourth-order valence-electron chi connectivity index (χ4n) is 1.80. The zero-order valence-corrected chi connectivity index (χ0v) is 12.7. The van der Waals surface area contributed by atoms with E-state index in [1.54, 1.807) is 24.3 Å². The normalized spacial score (nSPS) is 12.2. The monoisotopic (exact) mass is 327 g/mol. The van der Waals surface area contributed by atoms with Gasteiger partial charge in [-0.05, 0) is 35.9 Å². The zero-order chi connectivity index (χ0) is 16.9. The average Bonchev–Trinajstić information content (AvgIpc) is 2.55. The van der Waals surface area contributed by atoms with Gasteiger partial charge in [0.2, 0.25) is 9.84 Å². The number of sulfone groups is 1. The van der Waals surface area contributed by atoms with E-state index < -0.39 is 9.84 Å². The average molecular weight is 327 g/mol. The molecule has 0 unspecified atom stereocenters. The Labute approximate surface area is 134 Å². The maximum Gasteiger partial charge on any atom is 0.216 e. The quantitative estimate of drug-likeness (QED) is 0.511. The predicted molar refractivity (Wildman–Crippen MR) is 86.1 cm³/mol. The molecule has 0 spiro atoms. The topological polar surface area (TPSA) is 98.4 Å². The molecule has 0 bridgehead atoms. The molecule has 0 atom stereocenters. The molecule has 0 heterocycles. The summed E-state index contributed by atoms with van der Waals surface area (Å²) in [5, 5.41) is 27.7. The molecule has 0 saturated heterocycles. The van der Waals surface area contributed by atoms with Crippen LogP contribution in [-0.4, -0.2) is 18.6 Å². The van der Waals surface area contributed by atoms with Crippen LogP contribution in [0.3, 0.4) is 0 Å². The summed E-state index contributed by atoms with van der Waals surface area (Å²) in [5.74, 6) is -0.532. The second-order valence-electron chi connectivity index (χ2n) is 4.57. The fraction of sp³-hybridized carbons (Fsp3) is 0. The summed E-state index contributed by atoms with van der Waals surface area (Å²) in [6.45, 7) is 0. The van der Waals surface area contributed by atoms with Gasteiger partial charge >= 0.3 is 0 Å². The lowest BCUT2D eigenvalue weighted by Crippen LogP contribution is -2.02. The number of hydrogen-bond donors (Lipinski definition) is 2. The molecule has 0 fully saturated rings. The van der Waals surface area contributed by atoms with E-state index in [-0.39, 0.29) is 21.3 Å². The highest BCUT2D eigenvalue weighted by molar-refractivity contribution is 7.95. The van der Waals surface area contributed by atoms with Crippen molar-refractivity contribution in [1.82, 2.24) is 0 Å². The Kier molecular flexibility index (Phi) is 4.84.